The van der Waals surface area contributed by atoms with Crippen molar-refractivity contribution in [3.8, 4) is 5.75 Å². The molecule has 26 heavy (non-hydrogen) atoms. The third-order valence-corrected chi connectivity index (χ3v) is 3.25. The third-order valence-electron chi connectivity index (χ3n) is 3.25. The van der Waals surface area contributed by atoms with Gasteiger partial charge in [-0.3, -0.25) is 15.4 Å². The number of nitrogens with zero attached hydrogens (tertiary/aromatic N) is 1. The van der Waals surface area contributed by atoms with Crippen molar-refractivity contribution in [3.63, 3.8) is 0 Å². The summed E-state index contributed by atoms with van der Waals surface area (Å²) in [4.78, 5) is 21.2. The number of nitrogens with one attached hydrogen (secondary N) is 2. The Hall–Kier alpha value is -3.43. The molecule has 0 heterocycles. The molecule has 8 nitrogen and oxygen atoms in total. The molecule has 0 aliphatic rings. The fourth-order valence-electron chi connectivity index (χ4n) is 2.04. The Labute approximate surface area is 146 Å². The Morgan fingerprint density at radius 2 is 1.85 bits per heavy atom. The quantitative estimate of drug-likeness (QED) is 0.567. The van der Waals surface area contributed by atoms with E-state index in [1.54, 1.807) is 24.3 Å². The first-order chi connectivity index (χ1) is 12.4. The van der Waals surface area contributed by atoms with Crippen LogP contribution >= 0.6 is 0 Å². The van der Waals surface area contributed by atoms with Gasteiger partial charge in [-0.1, -0.05) is 12.1 Å². The van der Waals surface area contributed by atoms with Gasteiger partial charge in [-0.25, -0.2) is 4.79 Å². The Morgan fingerprint density at radius 3 is 2.42 bits per heavy atom. The van der Waals surface area contributed by atoms with Gasteiger partial charge < -0.3 is 14.8 Å². The molecule has 0 radical (unpaired) electrons. The van der Waals surface area contributed by atoms with Gasteiger partial charge in [0.25, 0.3) is 0 Å². The second-order valence-corrected chi connectivity index (χ2v) is 4.99. The van der Waals surface area contributed by atoms with Crippen LogP contribution in [0.25, 0.3) is 0 Å². The van der Waals surface area contributed by atoms with Gasteiger partial charge in [0.15, 0.2) is 0 Å². The molecule has 0 aromatic heterocycles. The number of nitro groups is 1. The Morgan fingerprint density at radius 1 is 1.19 bits per heavy atom. The number of alkyl halides is 2. The van der Waals surface area contributed by atoms with E-state index in [1.807, 2.05) is 0 Å². The maximum absolute atomic E-state index is 12.4. The van der Waals surface area contributed by atoms with Crippen molar-refractivity contribution in [3.05, 3.63) is 58.1 Å². The number of anilines is 2. The second-order valence-electron chi connectivity index (χ2n) is 4.99. The lowest BCUT2D eigenvalue weighted by molar-refractivity contribution is -0.386. The van der Waals surface area contributed by atoms with Gasteiger partial charge in [-0.2, -0.15) is 8.78 Å². The van der Waals surface area contributed by atoms with E-state index in [0.29, 0.717) is 17.9 Å². The number of rotatable bonds is 7. The second kappa shape index (κ2) is 8.60. The van der Waals surface area contributed by atoms with Crippen LogP contribution in [0.1, 0.15) is 5.56 Å². The first-order valence-corrected chi connectivity index (χ1v) is 7.30. The average molecular weight is 367 g/mol. The molecule has 0 spiro atoms. The molecule has 0 unspecified atom stereocenters. The predicted molar refractivity (Wildman–Crippen MR) is 89.5 cm³/mol. The van der Waals surface area contributed by atoms with Crippen LogP contribution in [0.15, 0.2) is 42.5 Å². The van der Waals surface area contributed by atoms with Crippen LogP contribution in [0.5, 0.6) is 5.75 Å². The number of ether oxygens (including phenoxy) is 2. The van der Waals surface area contributed by atoms with Crippen molar-refractivity contribution >= 4 is 23.2 Å². The molecular formula is C16H15F2N3O5. The van der Waals surface area contributed by atoms with Crippen LogP contribution in [-0.2, 0) is 11.3 Å². The maximum atomic E-state index is 12.4. The van der Waals surface area contributed by atoms with Crippen LogP contribution in [0.2, 0.25) is 0 Å². The highest BCUT2D eigenvalue weighted by atomic mass is 19.3. The predicted octanol–water partition coefficient (Wildman–Crippen LogP) is 3.99. The van der Waals surface area contributed by atoms with Gasteiger partial charge in [0.05, 0.1) is 12.0 Å². The van der Waals surface area contributed by atoms with E-state index >= 15 is 0 Å². The first kappa shape index (κ1) is 18.9. The summed E-state index contributed by atoms with van der Waals surface area (Å²) in [5, 5.41) is 16.3. The number of carbonyl (C=O) groups excluding carboxylic acids is 1. The van der Waals surface area contributed by atoms with Gasteiger partial charge in [-0.15, -0.1) is 0 Å². The van der Waals surface area contributed by atoms with Crippen LogP contribution in [0.3, 0.4) is 0 Å². The van der Waals surface area contributed by atoms with Crippen molar-refractivity contribution < 1.29 is 28.0 Å². The molecule has 0 aliphatic heterocycles. The van der Waals surface area contributed by atoms with Crippen LogP contribution in [-0.4, -0.2) is 24.7 Å². The lowest BCUT2D eigenvalue weighted by atomic mass is 10.2. The van der Waals surface area contributed by atoms with E-state index in [-0.39, 0.29) is 0 Å². The SMILES string of the molecule is COC(=O)Nc1ccc(CNc2ccc([N+](=O)[O-])c(OC(F)F)c2)cc1. The van der Waals surface area contributed by atoms with Crippen molar-refractivity contribution in [2.45, 2.75) is 13.2 Å². The smallest absolute Gasteiger partial charge is 0.411 e. The average Bonchev–Trinajstić information content (AvgIpc) is 2.60. The molecule has 2 aromatic rings. The number of hydrogen-bond donors (Lipinski definition) is 2. The molecule has 10 heteroatoms. The number of hydrogen-bond acceptors (Lipinski definition) is 6. The molecule has 1 amide bonds. The molecule has 0 atom stereocenters. The fourth-order valence-corrected chi connectivity index (χ4v) is 2.04. The fraction of sp³-hybridized carbons (Fsp3) is 0.188. The molecule has 0 bridgehead atoms. The van der Waals surface area contributed by atoms with E-state index < -0.39 is 29.1 Å². The van der Waals surface area contributed by atoms with Crippen molar-refractivity contribution in [1.29, 1.82) is 0 Å². The van der Waals surface area contributed by atoms with Gasteiger partial charge in [0.2, 0.25) is 5.75 Å². The van der Waals surface area contributed by atoms with E-state index in [2.05, 4.69) is 20.1 Å². The zero-order valence-corrected chi connectivity index (χ0v) is 13.6. The summed E-state index contributed by atoms with van der Waals surface area (Å²) in [6.45, 7) is -2.84. The largest absolute Gasteiger partial charge is 0.453 e. The minimum Gasteiger partial charge on any atom is -0.453 e. The van der Waals surface area contributed by atoms with Crippen LogP contribution in [0, 0.1) is 10.1 Å². The highest BCUT2D eigenvalue weighted by molar-refractivity contribution is 5.84. The maximum Gasteiger partial charge on any atom is 0.411 e. The first-order valence-electron chi connectivity index (χ1n) is 7.30. The summed E-state index contributed by atoms with van der Waals surface area (Å²) >= 11 is 0. The molecule has 0 aliphatic carbocycles. The highest BCUT2D eigenvalue weighted by Gasteiger charge is 2.19. The summed E-state index contributed by atoms with van der Waals surface area (Å²) < 4.78 is 33.5. The highest BCUT2D eigenvalue weighted by Crippen LogP contribution is 2.31. The Kier molecular flexibility index (Phi) is 6.25. The summed E-state index contributed by atoms with van der Waals surface area (Å²) in [5.74, 6) is -0.521. The molecule has 0 fully saturated rings. The monoisotopic (exact) mass is 367 g/mol. The topological polar surface area (TPSA) is 103 Å². The van der Waals surface area contributed by atoms with E-state index in [0.717, 1.165) is 17.7 Å². The summed E-state index contributed by atoms with van der Waals surface area (Å²) in [5.41, 5.74) is 1.20. The minimum absolute atomic E-state index is 0.324. The summed E-state index contributed by atoms with van der Waals surface area (Å²) in [6, 6.07) is 10.4. The number of amides is 1. The van der Waals surface area contributed by atoms with Gasteiger partial charge in [0, 0.05) is 30.1 Å². The van der Waals surface area contributed by atoms with E-state index in [1.165, 1.54) is 13.2 Å². The van der Waals surface area contributed by atoms with Crippen molar-refractivity contribution in [1.82, 2.24) is 0 Å². The van der Waals surface area contributed by atoms with Crippen LogP contribution < -0.4 is 15.4 Å². The molecule has 0 saturated carbocycles. The molecule has 138 valence electrons. The zero-order valence-electron chi connectivity index (χ0n) is 13.6. The molecule has 2 aromatic carbocycles. The molecule has 2 N–H and O–H groups in total. The normalized spacial score (nSPS) is 10.3. The standard InChI is InChI=1S/C16H15F2N3O5/c1-25-16(22)20-11-4-2-10(3-5-11)9-19-12-6-7-13(21(23)24)14(8-12)26-15(17)18/h2-8,15,19H,9H2,1H3,(H,20,22). The van der Waals surface area contributed by atoms with Gasteiger partial charge in [0.1, 0.15) is 0 Å². The van der Waals surface area contributed by atoms with Crippen molar-refractivity contribution in [2.24, 2.45) is 0 Å². The van der Waals surface area contributed by atoms with Gasteiger partial charge in [-0.05, 0) is 23.8 Å². The lowest BCUT2D eigenvalue weighted by Crippen LogP contribution is -2.10. The van der Waals surface area contributed by atoms with Gasteiger partial charge >= 0.3 is 18.4 Å². The van der Waals surface area contributed by atoms with E-state index in [9.17, 15) is 23.7 Å². The molecular weight excluding hydrogens is 352 g/mol. The lowest BCUT2D eigenvalue weighted by Gasteiger charge is -2.10. The zero-order chi connectivity index (χ0) is 19.1. The van der Waals surface area contributed by atoms with Crippen LogP contribution in [0.4, 0.5) is 30.6 Å². The third kappa shape index (κ3) is 5.30. The Bertz CT molecular complexity index is 784. The number of benzene rings is 2. The van der Waals surface area contributed by atoms with Crippen molar-refractivity contribution in [2.75, 3.05) is 17.7 Å². The molecule has 0 saturated heterocycles. The minimum atomic E-state index is -3.17. The number of carbonyl (C=O) groups is 1. The number of halogens is 2. The number of methoxy groups -OCH3 is 1. The number of nitro benzene ring substituents is 1. The molecule has 2 rings (SSSR count). The van der Waals surface area contributed by atoms with E-state index in [4.69, 9.17) is 0 Å². The Balaban J connectivity index is 2.04. The summed E-state index contributed by atoms with van der Waals surface area (Å²) in [7, 11) is 1.25. The summed E-state index contributed by atoms with van der Waals surface area (Å²) in [6.07, 6.45) is -0.590.